The monoisotopic (exact) mass is 351 g/mol. The van der Waals surface area contributed by atoms with Gasteiger partial charge in [-0.3, -0.25) is 25.2 Å². The number of non-ortho nitro benzene ring substituents is 1. The van der Waals surface area contributed by atoms with E-state index in [4.69, 9.17) is 11.6 Å². The van der Waals surface area contributed by atoms with Crippen molar-refractivity contribution in [3.05, 3.63) is 61.5 Å². The van der Waals surface area contributed by atoms with Crippen LogP contribution in [0.25, 0.3) is 0 Å². The lowest BCUT2D eigenvalue weighted by atomic mass is 10.2. The summed E-state index contributed by atoms with van der Waals surface area (Å²) in [5, 5.41) is 39.4. The second-order valence-corrected chi connectivity index (χ2v) is 4.81. The average Bonchev–Trinajstić information content (AvgIpc) is 3.02. The first kappa shape index (κ1) is 17.2. The van der Waals surface area contributed by atoms with Gasteiger partial charge >= 0.3 is 5.69 Å². The molecule has 0 saturated heterocycles. The van der Waals surface area contributed by atoms with Crippen LogP contribution in [0.15, 0.2) is 51.4 Å². The van der Waals surface area contributed by atoms with E-state index in [0.29, 0.717) is 11.3 Å². The molecule has 11 heteroatoms. The zero-order valence-electron chi connectivity index (χ0n) is 12.0. The number of alkyl halides is 1. The number of hydrogen-bond acceptors (Lipinski definition) is 7. The molecule has 0 aromatic heterocycles. The third-order valence-corrected chi connectivity index (χ3v) is 3.20. The van der Waals surface area contributed by atoms with Crippen LogP contribution in [-0.2, 0) is 0 Å². The molecule has 1 heterocycles. The minimum atomic E-state index is -0.758. The molecule has 24 heavy (non-hydrogen) atoms. The Morgan fingerprint density at radius 1 is 1.29 bits per heavy atom. The molecule has 0 fully saturated rings. The van der Waals surface area contributed by atoms with E-state index in [2.05, 4.69) is 15.2 Å². The summed E-state index contributed by atoms with van der Waals surface area (Å²) in [6, 6.07) is 3.12. The van der Waals surface area contributed by atoms with Crippen LogP contribution < -0.4 is 10.2 Å². The van der Waals surface area contributed by atoms with E-state index in [1.54, 1.807) is 0 Å². The topological polar surface area (TPSA) is 148 Å². The summed E-state index contributed by atoms with van der Waals surface area (Å²) in [7, 11) is 0. The standard InChI is InChI=1S/C13H10ClN5O5/c14-5-13(20)8-3-9(15-6-8)7-16-17-11-2-1-10(18(21)22)4-12(11)19(23)24/h1-4,6,20H,5,7H2/b13-8+,17-16?. The van der Waals surface area contributed by atoms with Crippen molar-refractivity contribution in [1.82, 2.24) is 0 Å². The highest BCUT2D eigenvalue weighted by Gasteiger charge is 2.20. The summed E-state index contributed by atoms with van der Waals surface area (Å²) in [6.07, 6.45) is 2.90. The Hall–Kier alpha value is -3.14. The average molecular weight is 352 g/mol. The third-order valence-electron chi connectivity index (χ3n) is 2.96. The van der Waals surface area contributed by atoms with Crippen LogP contribution >= 0.6 is 11.6 Å². The molecule has 0 radical (unpaired) electrons. The first-order chi connectivity index (χ1) is 11.4. The summed E-state index contributed by atoms with van der Waals surface area (Å²) in [5.74, 6) is -0.420. The van der Waals surface area contributed by atoms with Crippen LogP contribution in [0, 0.1) is 20.2 Å². The lowest BCUT2D eigenvalue weighted by Crippen LogP contribution is -2.65. The van der Waals surface area contributed by atoms with E-state index >= 15 is 0 Å². The predicted octanol–water partition coefficient (Wildman–Crippen LogP) is 0.489. The van der Waals surface area contributed by atoms with Crippen molar-refractivity contribution in [2.75, 3.05) is 12.4 Å². The van der Waals surface area contributed by atoms with Crippen molar-refractivity contribution in [3.8, 4) is 0 Å². The fourth-order valence-electron chi connectivity index (χ4n) is 1.80. The van der Waals surface area contributed by atoms with Gasteiger partial charge in [0.25, 0.3) is 5.69 Å². The Bertz CT molecular complexity index is 815. The van der Waals surface area contributed by atoms with Gasteiger partial charge in [0, 0.05) is 18.2 Å². The molecule has 10 nitrogen and oxygen atoms in total. The molecular formula is C13H10ClN5O5. The number of rotatable bonds is 6. The quantitative estimate of drug-likeness (QED) is 0.260. The molecule has 0 amide bonds. The number of azo groups is 1. The maximum absolute atomic E-state index is 11.4. The number of nitro groups is 2. The largest absolute Gasteiger partial charge is 0.874 e. The van der Waals surface area contributed by atoms with E-state index < -0.39 is 21.2 Å². The summed E-state index contributed by atoms with van der Waals surface area (Å²) >= 11 is 5.44. The lowest BCUT2D eigenvalue weighted by Gasteiger charge is -2.07. The van der Waals surface area contributed by atoms with Crippen molar-refractivity contribution in [2.24, 2.45) is 10.1 Å². The SMILES string of the molecule is O=[N+]([O-])c1ccc(N=[NH+]CC2=C/C(=C(\[O-])CCl)C=N2)c([N+](=O)[O-])c1. The van der Waals surface area contributed by atoms with Crippen LogP contribution in [0.3, 0.4) is 0 Å². The highest BCUT2D eigenvalue weighted by molar-refractivity contribution is 6.19. The molecular weight excluding hydrogens is 342 g/mol. The van der Waals surface area contributed by atoms with Gasteiger partial charge in [-0.15, -0.1) is 22.5 Å². The molecule has 0 bridgehead atoms. The number of hydrogen-bond donors (Lipinski definition) is 1. The molecule has 124 valence electrons. The highest BCUT2D eigenvalue weighted by Crippen LogP contribution is 2.30. The predicted molar refractivity (Wildman–Crippen MR) is 82.0 cm³/mol. The maximum Gasteiger partial charge on any atom is 0.307 e. The van der Waals surface area contributed by atoms with Gasteiger partial charge in [0.1, 0.15) is 5.70 Å². The Labute approximate surface area is 139 Å². The molecule has 2 rings (SSSR count). The number of halogens is 1. The third kappa shape index (κ3) is 3.98. The first-order valence-corrected chi connectivity index (χ1v) is 7.03. The molecule has 0 aliphatic carbocycles. The minimum Gasteiger partial charge on any atom is -0.874 e. The van der Waals surface area contributed by atoms with Crippen molar-refractivity contribution < 1.29 is 20.1 Å². The van der Waals surface area contributed by atoms with Gasteiger partial charge in [-0.2, -0.15) is 0 Å². The van der Waals surface area contributed by atoms with Gasteiger partial charge in [0.2, 0.25) is 12.2 Å². The Morgan fingerprint density at radius 2 is 2.04 bits per heavy atom. The number of nitro benzene ring substituents is 2. The normalized spacial score (nSPS) is 15.6. The number of nitrogens with one attached hydrogen (secondary N) is 1. The smallest absolute Gasteiger partial charge is 0.307 e. The van der Waals surface area contributed by atoms with Gasteiger partial charge in [0.15, 0.2) is 0 Å². The lowest BCUT2D eigenvalue weighted by molar-refractivity contribution is -0.519. The number of allylic oxidation sites excluding steroid dienone is 3. The molecule has 0 atom stereocenters. The molecule has 1 N–H and O–H groups in total. The van der Waals surface area contributed by atoms with Crippen LogP contribution in [0.4, 0.5) is 17.1 Å². The molecule has 0 spiro atoms. The van der Waals surface area contributed by atoms with E-state index in [-0.39, 0.29) is 23.9 Å². The molecule has 1 aliphatic rings. The van der Waals surface area contributed by atoms with Crippen LogP contribution in [0.2, 0.25) is 0 Å². The van der Waals surface area contributed by atoms with Gasteiger partial charge in [-0.1, -0.05) is 0 Å². The summed E-state index contributed by atoms with van der Waals surface area (Å²) in [5.41, 5.74) is -0.0955. The van der Waals surface area contributed by atoms with E-state index in [1.165, 1.54) is 18.4 Å². The number of nitrogens with zero attached hydrogens (tertiary/aromatic N) is 4. The van der Waals surface area contributed by atoms with Crippen molar-refractivity contribution in [3.63, 3.8) is 0 Å². The zero-order valence-corrected chi connectivity index (χ0v) is 12.8. The summed E-state index contributed by atoms with van der Waals surface area (Å²) < 4.78 is 0. The van der Waals surface area contributed by atoms with Crippen molar-refractivity contribution in [2.45, 2.75) is 0 Å². The van der Waals surface area contributed by atoms with Crippen LogP contribution in [-0.4, -0.2) is 28.5 Å². The van der Waals surface area contributed by atoms with Gasteiger partial charge in [-0.25, -0.2) is 0 Å². The summed E-state index contributed by atoms with van der Waals surface area (Å²) in [4.78, 5) is 24.1. The van der Waals surface area contributed by atoms with Gasteiger partial charge in [-0.05, 0) is 22.8 Å². The Morgan fingerprint density at radius 3 is 2.67 bits per heavy atom. The molecule has 1 aromatic carbocycles. The summed E-state index contributed by atoms with van der Waals surface area (Å²) in [6.45, 7) is 0.115. The van der Waals surface area contributed by atoms with E-state index in [1.807, 2.05) is 0 Å². The molecule has 1 aliphatic heterocycles. The number of benzene rings is 1. The van der Waals surface area contributed by atoms with Crippen molar-refractivity contribution >= 4 is 34.9 Å². The molecule has 0 unspecified atom stereocenters. The fourth-order valence-corrected chi connectivity index (χ4v) is 1.96. The van der Waals surface area contributed by atoms with Gasteiger partial charge < -0.3 is 5.11 Å². The van der Waals surface area contributed by atoms with Gasteiger partial charge in [0.05, 0.1) is 15.9 Å². The van der Waals surface area contributed by atoms with E-state index in [0.717, 1.165) is 12.1 Å². The Kier molecular flexibility index (Phi) is 5.32. The maximum atomic E-state index is 11.4. The van der Waals surface area contributed by atoms with Crippen LogP contribution in [0.5, 0.6) is 0 Å². The van der Waals surface area contributed by atoms with E-state index in [9.17, 15) is 25.3 Å². The molecule has 0 saturated carbocycles. The molecule has 1 aromatic rings. The van der Waals surface area contributed by atoms with Crippen LogP contribution in [0.1, 0.15) is 0 Å². The minimum absolute atomic E-state index is 0.0609. The second kappa shape index (κ2) is 7.42. The number of aliphatic imine (C=N–C) groups is 1. The second-order valence-electron chi connectivity index (χ2n) is 4.54. The Balaban J connectivity index is 2.17. The highest BCUT2D eigenvalue weighted by atomic mass is 35.5. The zero-order chi connectivity index (χ0) is 17.7. The fraction of sp³-hybridized carbons (Fsp3) is 0.154. The first-order valence-electron chi connectivity index (χ1n) is 6.49. The van der Waals surface area contributed by atoms with Crippen molar-refractivity contribution in [1.29, 1.82) is 0 Å².